The van der Waals surface area contributed by atoms with E-state index < -0.39 is 0 Å². The van der Waals surface area contributed by atoms with E-state index in [4.69, 9.17) is 9.47 Å². The van der Waals surface area contributed by atoms with Gasteiger partial charge >= 0.3 is 0 Å². The Balaban J connectivity index is 1.87. The first-order valence-corrected chi connectivity index (χ1v) is 7.73. The molecule has 1 unspecified atom stereocenters. The number of amides is 1. The molecule has 1 heterocycles. The Kier molecular flexibility index (Phi) is 4.24. The molecule has 0 bridgehead atoms. The van der Waals surface area contributed by atoms with Crippen LogP contribution in [0, 0.1) is 0 Å². The molecule has 2 aromatic carbocycles. The summed E-state index contributed by atoms with van der Waals surface area (Å²) < 4.78 is 10.5. The van der Waals surface area contributed by atoms with Gasteiger partial charge < -0.3 is 14.4 Å². The summed E-state index contributed by atoms with van der Waals surface area (Å²) in [7, 11) is 3.16. The Morgan fingerprint density at radius 3 is 2.57 bits per heavy atom. The molecule has 0 saturated carbocycles. The molecule has 0 spiro atoms. The van der Waals surface area contributed by atoms with Crippen LogP contribution in [0.1, 0.15) is 34.3 Å². The van der Waals surface area contributed by atoms with Gasteiger partial charge in [0.2, 0.25) is 0 Å². The van der Waals surface area contributed by atoms with Crippen molar-refractivity contribution in [1.82, 2.24) is 4.90 Å². The van der Waals surface area contributed by atoms with Gasteiger partial charge in [0.05, 0.1) is 14.2 Å². The van der Waals surface area contributed by atoms with E-state index in [9.17, 15) is 4.79 Å². The second-order valence-corrected chi connectivity index (χ2v) is 5.86. The van der Waals surface area contributed by atoms with E-state index >= 15 is 0 Å². The zero-order chi connectivity index (χ0) is 16.4. The van der Waals surface area contributed by atoms with Gasteiger partial charge in [0.15, 0.2) is 11.5 Å². The van der Waals surface area contributed by atoms with Crippen molar-refractivity contribution in [3.05, 3.63) is 59.2 Å². The molecular weight excluding hydrogens is 290 g/mol. The van der Waals surface area contributed by atoms with Crippen LogP contribution in [0.25, 0.3) is 0 Å². The highest BCUT2D eigenvalue weighted by Gasteiger charge is 2.26. The third kappa shape index (κ3) is 2.89. The molecule has 1 atom stereocenters. The Morgan fingerprint density at radius 1 is 1.09 bits per heavy atom. The van der Waals surface area contributed by atoms with Crippen molar-refractivity contribution < 1.29 is 14.3 Å². The first-order valence-electron chi connectivity index (χ1n) is 7.73. The van der Waals surface area contributed by atoms with E-state index in [-0.39, 0.29) is 5.91 Å². The largest absolute Gasteiger partial charge is 0.493 e. The van der Waals surface area contributed by atoms with Crippen molar-refractivity contribution in [2.45, 2.75) is 19.4 Å². The summed E-state index contributed by atoms with van der Waals surface area (Å²) in [5.41, 5.74) is 3.18. The van der Waals surface area contributed by atoms with Crippen molar-refractivity contribution in [3.8, 4) is 11.5 Å². The van der Waals surface area contributed by atoms with E-state index in [2.05, 4.69) is 25.1 Å². The fraction of sp³-hybridized carbons (Fsp3) is 0.316. The lowest BCUT2D eigenvalue weighted by atomic mass is 9.91. The van der Waals surface area contributed by atoms with Crippen molar-refractivity contribution in [2.75, 3.05) is 20.8 Å². The van der Waals surface area contributed by atoms with E-state index in [1.165, 1.54) is 11.1 Å². The fourth-order valence-electron chi connectivity index (χ4n) is 3.16. The highest BCUT2D eigenvalue weighted by molar-refractivity contribution is 5.95. The fourth-order valence-corrected chi connectivity index (χ4v) is 3.16. The topological polar surface area (TPSA) is 38.8 Å². The number of carbonyl (C=O) groups excluding carboxylic acids is 1. The van der Waals surface area contributed by atoms with Crippen LogP contribution in [0.4, 0.5) is 0 Å². The number of rotatable bonds is 3. The predicted molar refractivity (Wildman–Crippen MR) is 89.1 cm³/mol. The number of hydrogen-bond acceptors (Lipinski definition) is 3. The van der Waals surface area contributed by atoms with Crippen molar-refractivity contribution >= 4 is 5.91 Å². The minimum atomic E-state index is 0.0207. The average Bonchev–Trinajstić information content (AvgIpc) is 2.60. The van der Waals surface area contributed by atoms with Gasteiger partial charge in [-0.2, -0.15) is 0 Å². The van der Waals surface area contributed by atoms with Crippen LogP contribution in [-0.2, 0) is 6.54 Å². The van der Waals surface area contributed by atoms with Crippen molar-refractivity contribution in [1.29, 1.82) is 0 Å². The van der Waals surface area contributed by atoms with Gasteiger partial charge in [-0.15, -0.1) is 0 Å². The van der Waals surface area contributed by atoms with Gasteiger partial charge in [-0.25, -0.2) is 0 Å². The summed E-state index contributed by atoms with van der Waals surface area (Å²) in [6.45, 7) is 3.53. The van der Waals surface area contributed by atoms with E-state index in [1.807, 2.05) is 11.0 Å². The Labute approximate surface area is 136 Å². The number of hydrogen-bond donors (Lipinski definition) is 0. The minimum absolute atomic E-state index is 0.0207. The van der Waals surface area contributed by atoms with E-state index in [0.717, 1.165) is 6.54 Å². The molecule has 120 valence electrons. The number of carbonyl (C=O) groups is 1. The SMILES string of the molecule is COc1ccc(C(=O)N2Cc3ccccc3C(C)C2)cc1OC. The zero-order valence-corrected chi connectivity index (χ0v) is 13.7. The summed E-state index contributed by atoms with van der Waals surface area (Å²) in [5.74, 6) is 1.56. The normalized spacial score (nSPS) is 16.7. The van der Waals surface area contributed by atoms with Crippen LogP contribution in [-0.4, -0.2) is 31.6 Å². The average molecular weight is 311 g/mol. The number of nitrogens with zero attached hydrogens (tertiary/aromatic N) is 1. The maximum Gasteiger partial charge on any atom is 0.254 e. The molecule has 0 aromatic heterocycles. The smallest absolute Gasteiger partial charge is 0.254 e. The number of benzene rings is 2. The Hall–Kier alpha value is -2.49. The predicted octanol–water partition coefficient (Wildman–Crippen LogP) is 3.46. The molecule has 0 N–H and O–H groups in total. The molecule has 0 radical (unpaired) electrons. The number of methoxy groups -OCH3 is 2. The third-order valence-corrected chi connectivity index (χ3v) is 4.36. The Morgan fingerprint density at radius 2 is 1.83 bits per heavy atom. The second kappa shape index (κ2) is 6.32. The Bertz CT molecular complexity index is 726. The van der Waals surface area contributed by atoms with Crippen LogP contribution in [0.3, 0.4) is 0 Å². The zero-order valence-electron chi connectivity index (χ0n) is 13.7. The highest BCUT2D eigenvalue weighted by atomic mass is 16.5. The van der Waals surface area contributed by atoms with E-state index in [1.54, 1.807) is 32.4 Å². The van der Waals surface area contributed by atoms with Crippen molar-refractivity contribution in [3.63, 3.8) is 0 Å². The molecule has 3 rings (SSSR count). The van der Waals surface area contributed by atoms with Crippen LogP contribution >= 0.6 is 0 Å². The molecule has 0 aliphatic carbocycles. The summed E-state index contributed by atoms with van der Waals surface area (Å²) in [6.07, 6.45) is 0. The molecule has 1 amide bonds. The maximum atomic E-state index is 12.9. The number of fused-ring (bicyclic) bond motifs is 1. The molecule has 1 aliphatic heterocycles. The van der Waals surface area contributed by atoms with Gasteiger partial charge in [-0.05, 0) is 35.2 Å². The minimum Gasteiger partial charge on any atom is -0.493 e. The molecule has 1 aliphatic rings. The van der Waals surface area contributed by atoms with Gasteiger partial charge in [0.1, 0.15) is 0 Å². The third-order valence-electron chi connectivity index (χ3n) is 4.36. The first kappa shape index (κ1) is 15.4. The van der Waals surface area contributed by atoms with Gasteiger partial charge in [-0.1, -0.05) is 31.2 Å². The molecule has 23 heavy (non-hydrogen) atoms. The number of ether oxygens (including phenoxy) is 2. The molecule has 4 heteroatoms. The molecule has 0 saturated heterocycles. The van der Waals surface area contributed by atoms with Gasteiger partial charge in [0, 0.05) is 18.7 Å². The lowest BCUT2D eigenvalue weighted by molar-refractivity contribution is 0.0720. The van der Waals surface area contributed by atoms with Crippen LogP contribution in [0.15, 0.2) is 42.5 Å². The van der Waals surface area contributed by atoms with Gasteiger partial charge in [-0.3, -0.25) is 4.79 Å². The first-order chi connectivity index (χ1) is 11.1. The summed E-state index contributed by atoms with van der Waals surface area (Å²) in [5, 5.41) is 0. The van der Waals surface area contributed by atoms with Crippen LogP contribution in [0.2, 0.25) is 0 Å². The van der Waals surface area contributed by atoms with Crippen LogP contribution in [0.5, 0.6) is 11.5 Å². The molecular formula is C19H21NO3. The van der Waals surface area contributed by atoms with Gasteiger partial charge in [0.25, 0.3) is 5.91 Å². The molecule has 2 aromatic rings. The van der Waals surface area contributed by atoms with Crippen molar-refractivity contribution in [2.24, 2.45) is 0 Å². The molecule has 4 nitrogen and oxygen atoms in total. The lowest BCUT2D eigenvalue weighted by Gasteiger charge is -2.33. The summed E-state index contributed by atoms with van der Waals surface area (Å²) in [4.78, 5) is 14.7. The standard InChI is InChI=1S/C19H21NO3/c1-13-11-20(12-15-6-4-5-7-16(13)15)19(21)14-8-9-17(22-2)18(10-14)23-3/h4-10,13H,11-12H2,1-3H3. The quantitative estimate of drug-likeness (QED) is 0.871. The summed E-state index contributed by atoms with van der Waals surface area (Å²) >= 11 is 0. The maximum absolute atomic E-state index is 12.9. The van der Waals surface area contributed by atoms with Crippen LogP contribution < -0.4 is 9.47 Å². The lowest BCUT2D eigenvalue weighted by Crippen LogP contribution is -2.37. The highest BCUT2D eigenvalue weighted by Crippen LogP contribution is 2.31. The monoisotopic (exact) mass is 311 g/mol. The van der Waals surface area contributed by atoms with E-state index in [0.29, 0.717) is 29.5 Å². The summed E-state index contributed by atoms with van der Waals surface area (Å²) in [6, 6.07) is 13.6. The molecule has 0 fully saturated rings. The second-order valence-electron chi connectivity index (χ2n) is 5.86.